The molecule has 0 aromatic carbocycles. The van der Waals surface area contributed by atoms with E-state index < -0.39 is 5.60 Å². The molecule has 1 aromatic heterocycles. The number of methoxy groups -OCH3 is 1. The lowest BCUT2D eigenvalue weighted by Crippen LogP contribution is -2.38. The second-order valence-corrected chi connectivity index (χ2v) is 5.35. The first-order valence-corrected chi connectivity index (χ1v) is 6.49. The van der Waals surface area contributed by atoms with Crippen molar-refractivity contribution in [2.24, 2.45) is 0 Å². The Morgan fingerprint density at radius 1 is 1.65 bits per heavy atom. The molecule has 0 fully saturated rings. The number of rotatable bonds is 5. The molecule has 4 nitrogen and oxygen atoms in total. The molecule has 0 aliphatic carbocycles. The van der Waals surface area contributed by atoms with E-state index in [1.165, 1.54) is 0 Å². The maximum absolute atomic E-state index is 12.5. The molecule has 0 radical (unpaired) electrons. The highest BCUT2D eigenvalue weighted by Gasteiger charge is 2.35. The zero-order chi connectivity index (χ0) is 13.2. The van der Waals surface area contributed by atoms with E-state index in [1.54, 1.807) is 24.9 Å². The number of ketones is 1. The fraction of sp³-hybridized carbons (Fsp3) is 0.667. The van der Waals surface area contributed by atoms with Crippen molar-refractivity contribution < 1.29 is 9.53 Å². The minimum atomic E-state index is -0.796. The lowest BCUT2D eigenvalue weighted by Gasteiger charge is -2.25. The lowest BCUT2D eigenvalue weighted by atomic mass is 9.95. The van der Waals surface area contributed by atoms with E-state index in [9.17, 15) is 4.79 Å². The molecule has 1 rings (SSSR count). The van der Waals surface area contributed by atoms with Gasteiger partial charge in [0.15, 0.2) is 0 Å². The van der Waals surface area contributed by atoms with Gasteiger partial charge >= 0.3 is 0 Å². The van der Waals surface area contributed by atoms with Gasteiger partial charge in [-0.1, -0.05) is 6.92 Å². The second kappa shape index (κ2) is 5.31. The van der Waals surface area contributed by atoms with Crippen LogP contribution < -0.4 is 0 Å². The molecule has 96 valence electrons. The van der Waals surface area contributed by atoms with Gasteiger partial charge in [-0.25, -0.2) is 0 Å². The molecule has 17 heavy (non-hydrogen) atoms. The number of carbonyl (C=O) groups excluding carboxylic acids is 1. The third-order valence-corrected chi connectivity index (χ3v) is 3.64. The fourth-order valence-corrected chi connectivity index (χ4v) is 2.05. The third kappa shape index (κ3) is 2.60. The molecule has 0 aliphatic heterocycles. The van der Waals surface area contributed by atoms with Gasteiger partial charge in [0.25, 0.3) is 0 Å². The van der Waals surface area contributed by atoms with E-state index in [1.807, 2.05) is 20.8 Å². The van der Waals surface area contributed by atoms with Gasteiger partial charge in [-0.15, -0.1) is 0 Å². The molecule has 5 heteroatoms. The number of hydrogen-bond donors (Lipinski definition) is 0. The van der Waals surface area contributed by atoms with Crippen LogP contribution in [0.3, 0.4) is 0 Å². The summed E-state index contributed by atoms with van der Waals surface area (Å²) in [6, 6.07) is 0.137. The van der Waals surface area contributed by atoms with Gasteiger partial charge in [-0.3, -0.25) is 9.48 Å². The Morgan fingerprint density at radius 3 is 2.65 bits per heavy atom. The summed E-state index contributed by atoms with van der Waals surface area (Å²) in [4.78, 5) is 12.5. The number of ether oxygens (including phenoxy) is 1. The average molecular weight is 303 g/mol. The lowest BCUT2D eigenvalue weighted by molar-refractivity contribution is 0.00951. The molecule has 0 N–H and O–H groups in total. The molecule has 1 heterocycles. The van der Waals surface area contributed by atoms with Gasteiger partial charge < -0.3 is 4.74 Å². The van der Waals surface area contributed by atoms with Crippen molar-refractivity contribution in [1.29, 1.82) is 0 Å². The van der Waals surface area contributed by atoms with Crippen LogP contribution >= 0.6 is 15.9 Å². The van der Waals surface area contributed by atoms with Gasteiger partial charge in [-0.05, 0) is 43.1 Å². The minimum Gasteiger partial charge on any atom is -0.370 e. The Balaban J connectivity index is 3.24. The van der Waals surface area contributed by atoms with Gasteiger partial charge in [0.2, 0.25) is 5.78 Å². The molecule has 0 amide bonds. The summed E-state index contributed by atoms with van der Waals surface area (Å²) >= 11 is 3.38. The predicted molar refractivity (Wildman–Crippen MR) is 70.3 cm³/mol. The van der Waals surface area contributed by atoms with Gasteiger partial charge in [0.05, 0.1) is 10.7 Å². The number of carbonyl (C=O) groups is 1. The second-order valence-electron chi connectivity index (χ2n) is 4.50. The molecular weight excluding hydrogens is 284 g/mol. The topological polar surface area (TPSA) is 44.1 Å². The Morgan fingerprint density at radius 2 is 2.24 bits per heavy atom. The number of nitrogens with zero attached hydrogens (tertiary/aromatic N) is 2. The van der Waals surface area contributed by atoms with Crippen LogP contribution in [0.1, 0.15) is 50.6 Å². The number of halogens is 1. The first-order chi connectivity index (χ1) is 7.87. The SMILES string of the molecule is CCC(C)(OC)C(=O)c1c(Br)cnn1C(C)C. The minimum absolute atomic E-state index is 0.0411. The molecule has 0 aliphatic rings. The van der Waals surface area contributed by atoms with E-state index in [0.717, 1.165) is 0 Å². The molecule has 1 atom stereocenters. The summed E-state index contributed by atoms with van der Waals surface area (Å²) in [5.41, 5.74) is -0.221. The fourth-order valence-electron chi connectivity index (χ4n) is 1.59. The van der Waals surface area contributed by atoms with E-state index >= 15 is 0 Å². The highest BCUT2D eigenvalue weighted by Crippen LogP contribution is 2.27. The average Bonchev–Trinajstić information content (AvgIpc) is 2.69. The van der Waals surface area contributed by atoms with E-state index in [4.69, 9.17) is 4.74 Å². The summed E-state index contributed by atoms with van der Waals surface area (Å²) in [5, 5.41) is 4.21. The number of Topliss-reactive ketones (excluding diaryl/α,β-unsaturated/α-hetero) is 1. The first-order valence-electron chi connectivity index (χ1n) is 5.70. The van der Waals surface area contributed by atoms with Crippen LogP contribution in [0.5, 0.6) is 0 Å². The zero-order valence-corrected chi connectivity index (χ0v) is 12.5. The Kier molecular flexibility index (Phi) is 4.49. The molecule has 0 spiro atoms. The largest absolute Gasteiger partial charge is 0.370 e. The standard InChI is InChI=1S/C12H19BrN2O2/c1-6-12(4,17-5)11(16)10-9(13)7-14-15(10)8(2)3/h7-8H,6H2,1-5H3. The molecular formula is C12H19BrN2O2. The monoisotopic (exact) mass is 302 g/mol. The van der Waals surface area contributed by atoms with Crippen LogP contribution in [0.2, 0.25) is 0 Å². The summed E-state index contributed by atoms with van der Waals surface area (Å²) in [6.45, 7) is 7.73. The molecule has 0 bridgehead atoms. The maximum Gasteiger partial charge on any atom is 0.213 e. The summed E-state index contributed by atoms with van der Waals surface area (Å²) in [5.74, 6) is -0.0411. The van der Waals surface area contributed by atoms with Crippen molar-refractivity contribution in [3.8, 4) is 0 Å². The molecule has 0 saturated heterocycles. The third-order valence-electron chi connectivity index (χ3n) is 3.06. The van der Waals surface area contributed by atoms with Crippen LogP contribution in [-0.4, -0.2) is 28.3 Å². The molecule has 1 unspecified atom stereocenters. The van der Waals surface area contributed by atoms with Crippen LogP contribution in [0.4, 0.5) is 0 Å². The van der Waals surface area contributed by atoms with Gasteiger partial charge in [0.1, 0.15) is 11.3 Å². The van der Waals surface area contributed by atoms with Crippen LogP contribution in [0.25, 0.3) is 0 Å². The highest BCUT2D eigenvalue weighted by atomic mass is 79.9. The molecule has 1 aromatic rings. The summed E-state index contributed by atoms with van der Waals surface area (Å²) in [7, 11) is 1.56. The summed E-state index contributed by atoms with van der Waals surface area (Å²) in [6.07, 6.45) is 2.27. The summed E-state index contributed by atoms with van der Waals surface area (Å²) < 4.78 is 7.79. The van der Waals surface area contributed by atoms with E-state index in [-0.39, 0.29) is 11.8 Å². The van der Waals surface area contributed by atoms with E-state index in [0.29, 0.717) is 16.6 Å². The van der Waals surface area contributed by atoms with Crippen LogP contribution in [0, 0.1) is 0 Å². The van der Waals surface area contributed by atoms with Crippen molar-refractivity contribution in [1.82, 2.24) is 9.78 Å². The van der Waals surface area contributed by atoms with Crippen molar-refractivity contribution in [2.45, 2.75) is 45.8 Å². The Hall–Kier alpha value is -0.680. The predicted octanol–water partition coefficient (Wildman–Crippen LogP) is 3.22. The first kappa shape index (κ1) is 14.4. The Labute approximate surface area is 110 Å². The number of aromatic nitrogens is 2. The van der Waals surface area contributed by atoms with Crippen molar-refractivity contribution >= 4 is 21.7 Å². The van der Waals surface area contributed by atoms with Crippen molar-refractivity contribution in [2.75, 3.05) is 7.11 Å². The normalized spacial score (nSPS) is 15.0. The van der Waals surface area contributed by atoms with Gasteiger partial charge in [0, 0.05) is 13.2 Å². The highest BCUT2D eigenvalue weighted by molar-refractivity contribution is 9.10. The Bertz CT molecular complexity index is 409. The van der Waals surface area contributed by atoms with Crippen molar-refractivity contribution in [3.05, 3.63) is 16.4 Å². The maximum atomic E-state index is 12.5. The van der Waals surface area contributed by atoms with Crippen LogP contribution in [0.15, 0.2) is 10.7 Å². The molecule has 0 saturated carbocycles. The quantitative estimate of drug-likeness (QED) is 0.784. The van der Waals surface area contributed by atoms with Crippen LogP contribution in [-0.2, 0) is 4.74 Å². The van der Waals surface area contributed by atoms with Crippen molar-refractivity contribution in [3.63, 3.8) is 0 Å². The zero-order valence-electron chi connectivity index (χ0n) is 11.0. The van der Waals surface area contributed by atoms with E-state index in [2.05, 4.69) is 21.0 Å². The number of hydrogen-bond acceptors (Lipinski definition) is 3. The van der Waals surface area contributed by atoms with Gasteiger partial charge in [-0.2, -0.15) is 5.10 Å². The smallest absolute Gasteiger partial charge is 0.213 e.